The topological polar surface area (TPSA) is 110 Å². The number of carbonyl (C=O) groups is 2. The molecule has 1 amide bonds. The fourth-order valence-corrected chi connectivity index (χ4v) is 5.67. The van der Waals surface area contributed by atoms with Crippen LogP contribution >= 0.6 is 11.3 Å². The Morgan fingerprint density at radius 2 is 2.17 bits per heavy atom. The second kappa shape index (κ2) is 9.39. The van der Waals surface area contributed by atoms with Crippen LogP contribution < -0.4 is 16.0 Å². The first-order chi connectivity index (χ1) is 16.9. The molecule has 1 unspecified atom stereocenters. The van der Waals surface area contributed by atoms with Gasteiger partial charge in [0.05, 0.1) is 16.1 Å². The summed E-state index contributed by atoms with van der Waals surface area (Å²) in [7, 11) is 0. The van der Waals surface area contributed by atoms with Gasteiger partial charge in [0.2, 0.25) is 11.5 Å². The number of ether oxygens (including phenoxy) is 1. The molecule has 1 aliphatic carbocycles. The molecule has 0 saturated carbocycles. The average molecular weight is 492 g/mol. The molecule has 9 heteroatoms. The lowest BCUT2D eigenvalue weighted by Gasteiger charge is -2.34. The first-order valence-corrected chi connectivity index (χ1v) is 12.8. The van der Waals surface area contributed by atoms with E-state index in [1.165, 1.54) is 12.2 Å². The molecule has 3 N–H and O–H groups in total. The summed E-state index contributed by atoms with van der Waals surface area (Å²) in [6.07, 6.45) is 8.13. The minimum absolute atomic E-state index is 0.372. The van der Waals surface area contributed by atoms with Gasteiger partial charge in [-0.15, -0.1) is 11.3 Å². The predicted molar refractivity (Wildman–Crippen MR) is 138 cm³/mol. The fraction of sp³-hybridized carbons (Fsp3) is 0.385. The molecule has 8 nitrogen and oxygen atoms in total. The summed E-state index contributed by atoms with van der Waals surface area (Å²) in [5, 5.41) is 4.25. The first kappa shape index (κ1) is 23.4. The van der Waals surface area contributed by atoms with Gasteiger partial charge < -0.3 is 20.7 Å². The van der Waals surface area contributed by atoms with Crippen molar-refractivity contribution in [2.45, 2.75) is 44.8 Å². The zero-order valence-electron chi connectivity index (χ0n) is 19.9. The van der Waals surface area contributed by atoms with Crippen LogP contribution in [0.25, 0.3) is 20.7 Å². The number of anilines is 1. The maximum atomic E-state index is 12.9. The van der Waals surface area contributed by atoms with Crippen LogP contribution in [0.15, 0.2) is 42.6 Å². The van der Waals surface area contributed by atoms with Gasteiger partial charge in [0.15, 0.2) is 0 Å². The molecule has 182 valence electrons. The molecular weight excluding hydrogens is 462 g/mol. The van der Waals surface area contributed by atoms with Gasteiger partial charge in [-0.2, -0.15) is 0 Å². The molecular formula is C26H29N5O3S. The third kappa shape index (κ3) is 4.53. The zero-order valence-corrected chi connectivity index (χ0v) is 20.7. The quantitative estimate of drug-likeness (QED) is 0.366. The molecule has 5 rings (SSSR count). The Morgan fingerprint density at radius 3 is 2.86 bits per heavy atom. The van der Waals surface area contributed by atoms with Gasteiger partial charge in [-0.3, -0.25) is 4.79 Å². The van der Waals surface area contributed by atoms with Gasteiger partial charge >= 0.3 is 5.97 Å². The monoisotopic (exact) mass is 491 g/mol. The lowest BCUT2D eigenvalue weighted by Crippen LogP contribution is -2.47. The standard InChI is InChI=1S/C26H29N5O3S/c1-3-12-31(17-6-5-11-28-15-17)25-29-14-16(2)22(30-25)21-13-19-18(7-4-8-20(19)35-21)23(32)34-26(9-10-26)24(27)33/h4,7-10,13-14,17,28H,3,5-6,11-12,15H2,1-2H3,(H2,27,33). The minimum Gasteiger partial charge on any atom is -0.437 e. The molecule has 1 aromatic carbocycles. The SMILES string of the molecule is CCCN(c1ncc(C)c(-c2cc3c(C(=O)OC4(C(N)=O)C=C4)cccc3s2)n1)C1CCCNC1. The summed E-state index contributed by atoms with van der Waals surface area (Å²) in [4.78, 5) is 37.5. The lowest BCUT2D eigenvalue weighted by molar-refractivity contribution is -0.127. The number of hydrogen-bond donors (Lipinski definition) is 2. The molecule has 1 saturated heterocycles. The van der Waals surface area contributed by atoms with Crippen molar-refractivity contribution in [1.29, 1.82) is 0 Å². The summed E-state index contributed by atoms with van der Waals surface area (Å²) in [6, 6.07) is 7.83. The van der Waals surface area contributed by atoms with Crippen molar-refractivity contribution in [2.75, 3.05) is 24.5 Å². The lowest BCUT2D eigenvalue weighted by atomic mass is 10.1. The number of aryl methyl sites for hydroxylation is 1. The Labute approximate surface area is 208 Å². The average Bonchev–Trinajstić information content (AvgIpc) is 3.52. The number of nitrogens with zero attached hydrogens (tertiary/aromatic N) is 3. The van der Waals surface area contributed by atoms with Crippen molar-refractivity contribution in [3.63, 3.8) is 0 Å². The molecule has 0 bridgehead atoms. The van der Waals surface area contributed by atoms with Gasteiger partial charge in [0.25, 0.3) is 5.91 Å². The van der Waals surface area contributed by atoms with E-state index in [4.69, 9.17) is 15.5 Å². The molecule has 35 heavy (non-hydrogen) atoms. The number of fused-ring (bicyclic) bond motifs is 1. The van der Waals surface area contributed by atoms with Crippen LogP contribution in [0.1, 0.15) is 42.1 Å². The molecule has 1 atom stereocenters. The van der Waals surface area contributed by atoms with Crippen LogP contribution in [0.2, 0.25) is 0 Å². The number of benzene rings is 1. The number of aromatic nitrogens is 2. The number of hydrogen-bond acceptors (Lipinski definition) is 8. The molecule has 1 fully saturated rings. The Kier molecular flexibility index (Phi) is 6.29. The smallest absolute Gasteiger partial charge is 0.340 e. The number of nitrogens with two attached hydrogens (primary N) is 1. The summed E-state index contributed by atoms with van der Waals surface area (Å²) in [5.74, 6) is -0.540. The highest BCUT2D eigenvalue weighted by molar-refractivity contribution is 7.22. The third-order valence-electron chi connectivity index (χ3n) is 6.52. The van der Waals surface area contributed by atoms with Crippen molar-refractivity contribution < 1.29 is 14.3 Å². The van der Waals surface area contributed by atoms with Crippen LogP contribution in [-0.4, -0.2) is 53.1 Å². The third-order valence-corrected chi connectivity index (χ3v) is 7.63. The molecule has 3 heterocycles. The summed E-state index contributed by atoms with van der Waals surface area (Å²) >= 11 is 1.57. The van der Waals surface area contributed by atoms with Gasteiger partial charge in [-0.25, -0.2) is 14.8 Å². The van der Waals surface area contributed by atoms with Crippen molar-refractivity contribution in [1.82, 2.24) is 15.3 Å². The Bertz CT molecular complexity index is 1310. The number of esters is 1. The second-order valence-electron chi connectivity index (χ2n) is 9.10. The number of primary amides is 1. The van der Waals surface area contributed by atoms with Crippen LogP contribution in [0.4, 0.5) is 5.95 Å². The number of thiophene rings is 1. The Morgan fingerprint density at radius 1 is 1.34 bits per heavy atom. The maximum Gasteiger partial charge on any atom is 0.340 e. The van der Waals surface area contributed by atoms with E-state index in [0.29, 0.717) is 11.6 Å². The minimum atomic E-state index is -1.40. The van der Waals surface area contributed by atoms with E-state index in [-0.39, 0.29) is 0 Å². The van der Waals surface area contributed by atoms with E-state index in [2.05, 4.69) is 22.1 Å². The molecule has 2 aromatic heterocycles. The molecule has 2 aliphatic rings. The highest BCUT2D eigenvalue weighted by Gasteiger charge is 2.45. The van der Waals surface area contributed by atoms with Gasteiger partial charge in [0, 0.05) is 35.4 Å². The normalized spacial score (nSPS) is 18.4. The van der Waals surface area contributed by atoms with E-state index in [0.717, 1.165) is 71.1 Å². The maximum absolute atomic E-state index is 12.9. The number of carbonyl (C=O) groups excluding carboxylic acids is 2. The Hall–Kier alpha value is -3.30. The number of piperidine rings is 1. The van der Waals surface area contributed by atoms with E-state index in [9.17, 15) is 9.59 Å². The molecule has 3 aromatic rings. The summed E-state index contributed by atoms with van der Waals surface area (Å²) < 4.78 is 6.37. The first-order valence-electron chi connectivity index (χ1n) is 12.0. The highest BCUT2D eigenvalue weighted by atomic mass is 32.1. The largest absolute Gasteiger partial charge is 0.437 e. The van der Waals surface area contributed by atoms with Crippen LogP contribution in [0.3, 0.4) is 0 Å². The number of nitrogens with one attached hydrogen (secondary N) is 1. The second-order valence-corrected chi connectivity index (χ2v) is 10.2. The molecule has 1 aliphatic heterocycles. The van der Waals surface area contributed by atoms with E-state index in [1.54, 1.807) is 17.4 Å². The zero-order chi connectivity index (χ0) is 24.6. The Balaban J connectivity index is 1.49. The molecule has 0 spiro atoms. The fourth-order valence-electron chi connectivity index (χ4n) is 4.53. The number of rotatable bonds is 8. The van der Waals surface area contributed by atoms with Gasteiger partial charge in [-0.1, -0.05) is 13.0 Å². The predicted octanol–water partition coefficient (Wildman–Crippen LogP) is 3.59. The van der Waals surface area contributed by atoms with E-state index < -0.39 is 17.5 Å². The molecule has 0 radical (unpaired) electrons. The highest BCUT2D eigenvalue weighted by Crippen LogP contribution is 2.37. The summed E-state index contributed by atoms with van der Waals surface area (Å²) in [5.41, 5.74) is 6.21. The van der Waals surface area contributed by atoms with Crippen molar-refractivity contribution >= 4 is 39.2 Å². The van der Waals surface area contributed by atoms with Crippen LogP contribution in [0, 0.1) is 6.92 Å². The number of amides is 1. The van der Waals surface area contributed by atoms with Crippen LogP contribution in [-0.2, 0) is 9.53 Å². The van der Waals surface area contributed by atoms with Crippen molar-refractivity contribution in [3.05, 3.63) is 53.7 Å². The van der Waals surface area contributed by atoms with Gasteiger partial charge in [0.1, 0.15) is 0 Å². The van der Waals surface area contributed by atoms with E-state index >= 15 is 0 Å². The van der Waals surface area contributed by atoms with E-state index in [1.807, 2.05) is 31.3 Å². The van der Waals surface area contributed by atoms with Crippen molar-refractivity contribution in [2.24, 2.45) is 5.73 Å². The van der Waals surface area contributed by atoms with Crippen molar-refractivity contribution in [3.8, 4) is 10.6 Å². The van der Waals surface area contributed by atoms with Gasteiger partial charge in [-0.05, 0) is 68.6 Å². The summed E-state index contributed by atoms with van der Waals surface area (Å²) in [6.45, 7) is 7.06. The van der Waals surface area contributed by atoms with Crippen LogP contribution in [0.5, 0.6) is 0 Å².